The SMILES string of the molecule is CC12[C]C(CC1)C2(C)C. The van der Waals surface area contributed by atoms with Gasteiger partial charge in [-0.3, -0.25) is 0 Å². The third kappa shape index (κ3) is 0.426. The molecule has 3 rings (SSSR count). The Kier molecular flexibility index (Phi) is 0.774. The number of hydrogen-bond acceptors (Lipinski definition) is 0. The van der Waals surface area contributed by atoms with Gasteiger partial charge in [-0.05, 0) is 36.0 Å². The summed E-state index contributed by atoms with van der Waals surface area (Å²) in [5.41, 5.74) is 1.06. The van der Waals surface area contributed by atoms with Gasteiger partial charge in [-0.15, -0.1) is 0 Å². The topological polar surface area (TPSA) is 0 Å². The van der Waals surface area contributed by atoms with E-state index in [1.54, 1.807) is 0 Å². The van der Waals surface area contributed by atoms with Gasteiger partial charge in [0.25, 0.3) is 0 Å². The number of rotatable bonds is 0. The second-order valence-corrected chi connectivity index (χ2v) is 4.29. The summed E-state index contributed by atoms with van der Waals surface area (Å²) in [6, 6.07) is 0. The molecule has 0 aromatic rings. The summed E-state index contributed by atoms with van der Waals surface area (Å²) in [5, 5.41) is 0. The normalized spacial score (nSPS) is 53.0. The summed E-state index contributed by atoms with van der Waals surface area (Å²) in [5.74, 6) is 0.822. The molecule has 0 amide bonds. The van der Waals surface area contributed by atoms with Crippen LogP contribution < -0.4 is 0 Å². The van der Waals surface area contributed by atoms with Crippen LogP contribution in [0.2, 0.25) is 0 Å². The predicted molar refractivity (Wildman–Crippen MR) is 37.9 cm³/mol. The molecule has 0 aromatic heterocycles. The van der Waals surface area contributed by atoms with Gasteiger partial charge in [-0.1, -0.05) is 20.8 Å². The van der Waals surface area contributed by atoms with Crippen LogP contribution in [0.1, 0.15) is 33.6 Å². The minimum absolute atomic E-state index is 0.484. The fourth-order valence-electron chi connectivity index (χ4n) is 2.32. The third-order valence-corrected chi connectivity index (χ3v) is 3.72. The van der Waals surface area contributed by atoms with E-state index in [9.17, 15) is 0 Å². The molecule has 0 aromatic carbocycles. The molecule has 2 unspecified atom stereocenters. The molecular weight excluding hydrogens is 108 g/mol. The maximum Gasteiger partial charge on any atom is -0.00637 e. The Hall–Kier alpha value is 0. The fraction of sp³-hybridized carbons (Fsp3) is 0.889. The van der Waals surface area contributed by atoms with Crippen molar-refractivity contribution in [1.82, 2.24) is 0 Å². The van der Waals surface area contributed by atoms with Gasteiger partial charge in [0.2, 0.25) is 0 Å². The highest BCUT2D eigenvalue weighted by atomic mass is 14.7. The maximum absolute atomic E-state index is 3.58. The molecule has 0 aliphatic heterocycles. The van der Waals surface area contributed by atoms with Crippen molar-refractivity contribution < 1.29 is 0 Å². The van der Waals surface area contributed by atoms with Crippen molar-refractivity contribution >= 4 is 0 Å². The Morgan fingerprint density at radius 3 is 2.11 bits per heavy atom. The second-order valence-electron chi connectivity index (χ2n) is 4.29. The molecule has 2 atom stereocenters. The lowest BCUT2D eigenvalue weighted by atomic mass is 9.52. The van der Waals surface area contributed by atoms with Crippen LogP contribution in [0.4, 0.5) is 0 Å². The molecule has 9 heavy (non-hydrogen) atoms. The van der Waals surface area contributed by atoms with Crippen LogP contribution in [-0.4, -0.2) is 0 Å². The Labute approximate surface area is 57.6 Å². The first-order valence-electron chi connectivity index (χ1n) is 3.84. The zero-order valence-corrected chi connectivity index (χ0v) is 6.49. The summed E-state index contributed by atoms with van der Waals surface area (Å²) in [6.07, 6.45) is 6.36. The van der Waals surface area contributed by atoms with E-state index in [1.165, 1.54) is 12.8 Å². The van der Waals surface area contributed by atoms with Crippen LogP contribution in [-0.2, 0) is 0 Å². The molecule has 0 heterocycles. The Bertz CT molecular complexity index is 139. The van der Waals surface area contributed by atoms with Crippen molar-refractivity contribution in [1.29, 1.82) is 0 Å². The second kappa shape index (κ2) is 1.21. The zero-order chi connectivity index (χ0) is 6.70. The van der Waals surface area contributed by atoms with Crippen molar-refractivity contribution in [2.24, 2.45) is 16.7 Å². The summed E-state index contributed by atoms with van der Waals surface area (Å²) in [6.45, 7) is 7.10. The fourth-order valence-corrected chi connectivity index (χ4v) is 2.32. The van der Waals surface area contributed by atoms with Crippen molar-refractivity contribution in [2.45, 2.75) is 33.6 Å². The monoisotopic (exact) mass is 122 g/mol. The van der Waals surface area contributed by atoms with Crippen LogP contribution in [0.3, 0.4) is 0 Å². The highest BCUT2D eigenvalue weighted by Gasteiger charge is 2.61. The Morgan fingerprint density at radius 2 is 2.00 bits per heavy atom. The van der Waals surface area contributed by atoms with Crippen molar-refractivity contribution in [3.63, 3.8) is 0 Å². The lowest BCUT2D eigenvalue weighted by molar-refractivity contribution is 0.0352. The van der Waals surface area contributed by atoms with Gasteiger partial charge in [0, 0.05) is 0 Å². The molecule has 50 valence electrons. The van der Waals surface area contributed by atoms with Crippen molar-refractivity contribution in [2.75, 3.05) is 0 Å². The van der Waals surface area contributed by atoms with E-state index in [4.69, 9.17) is 0 Å². The lowest BCUT2D eigenvalue weighted by Crippen LogP contribution is -2.46. The van der Waals surface area contributed by atoms with E-state index in [-0.39, 0.29) is 0 Å². The summed E-state index contributed by atoms with van der Waals surface area (Å²) >= 11 is 0. The van der Waals surface area contributed by atoms with Gasteiger partial charge in [0.15, 0.2) is 0 Å². The zero-order valence-electron chi connectivity index (χ0n) is 6.49. The highest BCUT2D eigenvalue weighted by Crippen LogP contribution is 2.69. The average Bonchev–Trinajstić information content (AvgIpc) is 2.21. The number of fused-ring (bicyclic) bond motifs is 1. The molecule has 0 nitrogen and oxygen atoms in total. The van der Waals surface area contributed by atoms with E-state index in [0.29, 0.717) is 10.8 Å². The molecular formula is C9H14. The van der Waals surface area contributed by atoms with Gasteiger partial charge >= 0.3 is 0 Å². The van der Waals surface area contributed by atoms with E-state index in [1.807, 2.05) is 0 Å². The summed E-state index contributed by atoms with van der Waals surface area (Å²) in [7, 11) is 0. The highest BCUT2D eigenvalue weighted by molar-refractivity contribution is 5.22. The third-order valence-electron chi connectivity index (χ3n) is 3.72. The first-order valence-corrected chi connectivity index (χ1v) is 3.84. The molecule has 3 fully saturated rings. The Morgan fingerprint density at radius 1 is 1.33 bits per heavy atom. The number of hydrogen-bond donors (Lipinski definition) is 0. The quantitative estimate of drug-likeness (QED) is 0.463. The van der Waals surface area contributed by atoms with Gasteiger partial charge in [-0.2, -0.15) is 0 Å². The predicted octanol–water partition coefficient (Wildman–Crippen LogP) is 2.52. The van der Waals surface area contributed by atoms with Gasteiger partial charge in [0.1, 0.15) is 0 Å². The molecule has 0 heteroatoms. The minimum Gasteiger partial charge on any atom is -0.0591 e. The molecule has 2 bridgehead atoms. The smallest absolute Gasteiger partial charge is 0.00637 e. The van der Waals surface area contributed by atoms with E-state index in [2.05, 4.69) is 27.2 Å². The van der Waals surface area contributed by atoms with Gasteiger partial charge in [0.05, 0.1) is 0 Å². The van der Waals surface area contributed by atoms with E-state index >= 15 is 0 Å². The standard InChI is InChI=1S/C9H14/c1-8(2)7-4-5-9(8,3)6-7/h7H,4-5H2,1-3H3. The molecule has 0 saturated heterocycles. The van der Waals surface area contributed by atoms with Crippen LogP contribution in [0, 0.1) is 23.2 Å². The van der Waals surface area contributed by atoms with Crippen molar-refractivity contribution in [3.8, 4) is 0 Å². The maximum atomic E-state index is 3.58. The molecule has 0 N–H and O–H groups in total. The van der Waals surface area contributed by atoms with E-state index in [0.717, 1.165) is 5.92 Å². The Balaban J connectivity index is 2.32. The van der Waals surface area contributed by atoms with Gasteiger partial charge in [-0.25, -0.2) is 0 Å². The van der Waals surface area contributed by atoms with Crippen LogP contribution >= 0.6 is 0 Å². The minimum atomic E-state index is 0.484. The molecule has 3 saturated carbocycles. The summed E-state index contributed by atoms with van der Waals surface area (Å²) < 4.78 is 0. The van der Waals surface area contributed by atoms with Crippen LogP contribution in [0.5, 0.6) is 0 Å². The molecule has 3 aliphatic carbocycles. The van der Waals surface area contributed by atoms with Crippen molar-refractivity contribution in [3.05, 3.63) is 6.42 Å². The summed E-state index contributed by atoms with van der Waals surface area (Å²) in [4.78, 5) is 0. The first-order chi connectivity index (χ1) is 4.06. The average molecular weight is 122 g/mol. The lowest BCUT2D eigenvalue weighted by Gasteiger charge is -2.52. The molecule has 0 spiro atoms. The molecule has 3 aliphatic rings. The van der Waals surface area contributed by atoms with Crippen LogP contribution in [0.15, 0.2) is 0 Å². The van der Waals surface area contributed by atoms with Gasteiger partial charge < -0.3 is 0 Å². The molecule has 2 radical (unpaired) electrons. The first kappa shape index (κ1) is 5.76. The van der Waals surface area contributed by atoms with E-state index < -0.39 is 0 Å². The van der Waals surface area contributed by atoms with Crippen LogP contribution in [0.25, 0.3) is 0 Å². The largest absolute Gasteiger partial charge is 0.0591 e.